The van der Waals surface area contributed by atoms with E-state index in [0.717, 1.165) is 64.2 Å². The lowest BCUT2D eigenvalue weighted by atomic mass is 9.33. The van der Waals surface area contributed by atoms with Crippen LogP contribution in [-0.4, -0.2) is 230 Å². The molecule has 12 N–H and O–H groups in total. The fraction of sp³-hybridized carbons (Fsp3) is 0.964. The highest BCUT2D eigenvalue weighted by Crippen LogP contribution is 2.76. The normalized spacial score (nSPS) is 55.1. The van der Waals surface area contributed by atoms with Crippen molar-refractivity contribution < 1.29 is 109 Å². The van der Waals surface area contributed by atoms with Gasteiger partial charge in [-0.25, -0.2) is 0 Å². The number of fused-ring (bicyclic) bond motifs is 6. The largest absolute Gasteiger partial charge is 0.396 e. The average Bonchev–Trinajstić information content (AvgIpc) is 3.41. The number of rotatable bonds is 13. The summed E-state index contributed by atoms with van der Waals surface area (Å²) in [6, 6.07) is 0. The van der Waals surface area contributed by atoms with Crippen molar-refractivity contribution in [2.45, 2.75) is 248 Å². The van der Waals surface area contributed by atoms with E-state index in [2.05, 4.69) is 54.5 Å². The van der Waals surface area contributed by atoms with Crippen LogP contribution in [0.15, 0.2) is 11.6 Å². The molecule has 448 valence electrons. The van der Waals surface area contributed by atoms with Gasteiger partial charge in [0.2, 0.25) is 0 Å². The van der Waals surface area contributed by atoms with Gasteiger partial charge in [-0.15, -0.1) is 0 Å². The first-order valence-corrected chi connectivity index (χ1v) is 28.9. The highest BCUT2D eigenvalue weighted by Gasteiger charge is 2.71. The summed E-state index contributed by atoms with van der Waals surface area (Å²) < 4.78 is 62.6. The zero-order valence-electron chi connectivity index (χ0n) is 46.4. The summed E-state index contributed by atoms with van der Waals surface area (Å²) in [5, 5.41) is 129. The second-order valence-electron chi connectivity index (χ2n) is 26.8. The first-order chi connectivity index (χ1) is 36.8. The molecule has 5 saturated heterocycles. The van der Waals surface area contributed by atoms with Crippen molar-refractivity contribution in [2.24, 2.45) is 50.2 Å². The van der Waals surface area contributed by atoms with E-state index in [9.17, 15) is 61.3 Å². The molecule has 0 radical (unpaired) electrons. The summed E-state index contributed by atoms with van der Waals surface area (Å²) in [5.41, 5.74) is 0.293. The lowest BCUT2D eigenvalue weighted by Gasteiger charge is -2.73. The number of aliphatic hydroxyl groups is 12. The van der Waals surface area contributed by atoms with Crippen molar-refractivity contribution in [1.29, 1.82) is 0 Å². The van der Waals surface area contributed by atoms with E-state index in [-0.39, 0.29) is 57.9 Å². The van der Waals surface area contributed by atoms with Crippen molar-refractivity contribution in [3.63, 3.8) is 0 Å². The molecular formula is C56H92O22. The van der Waals surface area contributed by atoms with Gasteiger partial charge in [-0.3, -0.25) is 0 Å². The van der Waals surface area contributed by atoms with Gasteiger partial charge >= 0.3 is 0 Å². The minimum absolute atomic E-state index is 0.0340. The third-order valence-corrected chi connectivity index (χ3v) is 22.1. The smallest absolute Gasteiger partial charge is 0.187 e. The molecule has 78 heavy (non-hydrogen) atoms. The molecule has 4 saturated carbocycles. The molecule has 22 heteroatoms. The predicted molar refractivity (Wildman–Crippen MR) is 270 cm³/mol. The molecule has 0 aromatic heterocycles. The zero-order valence-corrected chi connectivity index (χ0v) is 46.4. The first kappa shape index (κ1) is 60.0. The predicted octanol–water partition coefficient (Wildman–Crippen LogP) is -0.152. The Morgan fingerprint density at radius 1 is 0.590 bits per heavy atom. The molecule has 22 nitrogen and oxygen atoms in total. The Kier molecular flexibility index (Phi) is 17.2. The van der Waals surface area contributed by atoms with E-state index in [1.54, 1.807) is 0 Å². The number of hydrogen-bond acceptors (Lipinski definition) is 22. The molecule has 0 aromatic carbocycles. The van der Waals surface area contributed by atoms with Gasteiger partial charge in [0.15, 0.2) is 31.5 Å². The maximum atomic E-state index is 12.4. The van der Waals surface area contributed by atoms with Crippen LogP contribution in [0.5, 0.6) is 0 Å². The average molecular weight is 1120 g/mol. The van der Waals surface area contributed by atoms with Crippen molar-refractivity contribution >= 4 is 0 Å². The summed E-state index contributed by atoms with van der Waals surface area (Å²) in [5.74, 6) is 0.697. The maximum Gasteiger partial charge on any atom is 0.187 e. The molecule has 0 bridgehead atoms. The lowest BCUT2D eigenvalue weighted by molar-refractivity contribution is -0.392. The van der Waals surface area contributed by atoms with Gasteiger partial charge in [-0.1, -0.05) is 66.5 Å². The van der Waals surface area contributed by atoms with Crippen LogP contribution in [0.25, 0.3) is 0 Å². The van der Waals surface area contributed by atoms with Crippen LogP contribution in [0, 0.1) is 50.2 Å². The van der Waals surface area contributed by atoms with Gasteiger partial charge in [-0.05, 0) is 109 Å². The molecule has 10 aliphatic rings. The molecule has 5 aliphatic heterocycles. The third kappa shape index (κ3) is 9.83. The van der Waals surface area contributed by atoms with Gasteiger partial charge < -0.3 is 109 Å². The number of allylic oxidation sites excluding steroid dienone is 2. The van der Waals surface area contributed by atoms with Crippen molar-refractivity contribution in [3.05, 3.63) is 11.6 Å². The number of hydrogen-bond donors (Lipinski definition) is 12. The molecule has 5 heterocycles. The highest BCUT2D eigenvalue weighted by molar-refractivity contribution is 5.35. The molecular weight excluding hydrogens is 1020 g/mol. The monoisotopic (exact) mass is 1120 g/mol. The Morgan fingerprint density at radius 3 is 1.94 bits per heavy atom. The van der Waals surface area contributed by atoms with E-state index < -0.39 is 149 Å². The van der Waals surface area contributed by atoms with Crippen molar-refractivity contribution in [3.8, 4) is 0 Å². The Balaban J connectivity index is 0.909. The van der Waals surface area contributed by atoms with Crippen LogP contribution >= 0.6 is 0 Å². The van der Waals surface area contributed by atoms with E-state index in [0.29, 0.717) is 18.9 Å². The van der Waals surface area contributed by atoms with Crippen molar-refractivity contribution in [2.75, 3.05) is 39.6 Å². The Hall–Kier alpha value is -1.14. The van der Waals surface area contributed by atoms with Crippen LogP contribution in [0.4, 0.5) is 0 Å². The van der Waals surface area contributed by atoms with Crippen LogP contribution in [-0.2, 0) is 47.4 Å². The molecule has 0 aromatic rings. The fourth-order valence-corrected chi connectivity index (χ4v) is 17.1. The molecule has 10 rings (SSSR count). The summed E-state index contributed by atoms with van der Waals surface area (Å²) in [6.07, 6.45) is -18.1. The van der Waals surface area contributed by atoms with Crippen LogP contribution in [0.2, 0.25) is 0 Å². The summed E-state index contributed by atoms with van der Waals surface area (Å²) in [6.45, 7) is 14.7. The summed E-state index contributed by atoms with van der Waals surface area (Å²) >= 11 is 0. The maximum absolute atomic E-state index is 12.4. The van der Waals surface area contributed by atoms with Crippen LogP contribution in [0.1, 0.15) is 119 Å². The van der Waals surface area contributed by atoms with Gasteiger partial charge in [0.1, 0.15) is 85.5 Å². The van der Waals surface area contributed by atoms with Gasteiger partial charge in [-0.2, -0.15) is 0 Å². The first-order valence-electron chi connectivity index (χ1n) is 28.9. The number of aliphatic hydroxyl groups excluding tert-OH is 12. The second kappa shape index (κ2) is 22.4. The summed E-state index contributed by atoms with van der Waals surface area (Å²) in [4.78, 5) is 0. The highest BCUT2D eigenvalue weighted by atomic mass is 16.8. The molecule has 9 fully saturated rings. The molecule has 5 aliphatic carbocycles. The third-order valence-electron chi connectivity index (χ3n) is 22.1. The Morgan fingerprint density at radius 2 is 1.24 bits per heavy atom. The Labute approximate surface area is 457 Å². The van der Waals surface area contributed by atoms with Gasteiger partial charge in [0, 0.05) is 12.0 Å². The second-order valence-corrected chi connectivity index (χ2v) is 26.8. The standard InChI is InChI=1S/C56H92O22/c1-8-9-36-71-25-56-17-16-52(4,24-59)18-27(56)26-10-11-33-53(5)14-13-34(51(2,3)32(53)12-15-54(33,6)55(26,7)19-35(56)75-36)76-49-45(78-48-44(68)41(65)38(62)29(20-57)72-48)40(64)31(23-70-49)74-50-46(42(66)39(63)30(21-58)73-50)77-47-43(67)37(61)28(60)22-69-47/h10,27-50,57-68H,8-9,11-25H2,1-7H3/t27?,28-,29-,30-,31+,32?,33?,34+,35+,36?,37+,38-,39-,40-,41+,42+,43-,44-,45-,46-,47+,48+,49+,50+,52+,53+,54-,55?,56-/m1/s1. The van der Waals surface area contributed by atoms with E-state index in [1.807, 2.05) is 0 Å². The van der Waals surface area contributed by atoms with E-state index in [1.165, 1.54) is 5.57 Å². The minimum Gasteiger partial charge on any atom is -0.396 e. The lowest BCUT2D eigenvalue weighted by Crippen LogP contribution is -2.69. The zero-order chi connectivity index (χ0) is 56.2. The van der Waals surface area contributed by atoms with E-state index in [4.69, 9.17) is 47.4 Å². The molecule has 5 unspecified atom stereocenters. The topological polar surface area (TPSA) is 335 Å². The molecule has 1 spiro atoms. The van der Waals surface area contributed by atoms with Crippen LogP contribution in [0.3, 0.4) is 0 Å². The summed E-state index contributed by atoms with van der Waals surface area (Å²) in [7, 11) is 0. The van der Waals surface area contributed by atoms with Gasteiger partial charge in [0.05, 0.1) is 45.2 Å². The number of ether oxygens (including phenoxy) is 10. The quantitative estimate of drug-likeness (QED) is 0.0843. The van der Waals surface area contributed by atoms with Crippen LogP contribution < -0.4 is 0 Å². The SMILES string of the molecule is CCCC1OC[C@]23CC[C@](C)(CO)CC2C2=CCC4[C@@]5(C)CC[C@H](O[C@@H]6OC[C@H](O[C@@H]7O[C@H](CO)[C@@H](O)[C@H](O)[C@H]7O[C@@H]7OC[C@@H](O)[C@H](O)[C@H]7O)[C@@H](O)[C@H]6O[C@@H]6O[C@H](CO)[C@@H](O)[C@H](O)[C@H]6O)C(C)(C)C5CC[C@@]4(C)C2(C)C[C@@H]3O1. The van der Waals surface area contributed by atoms with Crippen molar-refractivity contribution in [1.82, 2.24) is 0 Å². The van der Waals surface area contributed by atoms with E-state index >= 15 is 0 Å². The molecule has 0 amide bonds. The minimum atomic E-state index is -1.88. The Bertz CT molecular complexity index is 2100. The fourth-order valence-electron chi connectivity index (χ4n) is 17.1. The van der Waals surface area contributed by atoms with Gasteiger partial charge in [0.25, 0.3) is 0 Å². The molecule has 29 atom stereocenters.